The Morgan fingerprint density at radius 1 is 1.38 bits per heavy atom. The van der Waals surface area contributed by atoms with Crippen LogP contribution in [0.2, 0.25) is 0 Å². The zero-order valence-corrected chi connectivity index (χ0v) is 13.4. The van der Waals surface area contributed by atoms with E-state index in [2.05, 4.69) is 16.5 Å². The van der Waals surface area contributed by atoms with E-state index in [0.29, 0.717) is 12.6 Å². The summed E-state index contributed by atoms with van der Waals surface area (Å²) >= 11 is 0. The third-order valence-electron chi connectivity index (χ3n) is 4.12. The fraction of sp³-hybridized carbons (Fsp3) is 0.600. The topological polar surface area (TPSA) is 49.4 Å². The number of hydrogen-bond acceptors (Lipinski definition) is 3. The second-order valence-corrected chi connectivity index (χ2v) is 7.45. The van der Waals surface area contributed by atoms with Gasteiger partial charge in [-0.3, -0.25) is 4.90 Å². The molecule has 21 heavy (non-hydrogen) atoms. The van der Waals surface area contributed by atoms with Crippen molar-refractivity contribution in [1.29, 1.82) is 0 Å². The number of nitrogens with one attached hydrogen (secondary N) is 1. The highest BCUT2D eigenvalue weighted by Gasteiger charge is 2.25. The van der Waals surface area contributed by atoms with E-state index in [-0.39, 0.29) is 10.9 Å². The number of halogens is 1. The zero-order valence-electron chi connectivity index (χ0n) is 12.5. The van der Waals surface area contributed by atoms with Crippen molar-refractivity contribution in [3.63, 3.8) is 0 Å². The fourth-order valence-corrected chi connectivity index (χ4v) is 4.06. The molecule has 2 rings (SSSR count). The molecule has 1 fully saturated rings. The lowest BCUT2D eigenvalue weighted by molar-refractivity contribution is 0.116. The van der Waals surface area contributed by atoms with Gasteiger partial charge in [-0.25, -0.2) is 17.5 Å². The summed E-state index contributed by atoms with van der Waals surface area (Å²) in [4.78, 5) is 2.02. The van der Waals surface area contributed by atoms with Gasteiger partial charge in [-0.2, -0.15) is 0 Å². The molecule has 0 saturated carbocycles. The molecule has 1 heterocycles. The quantitative estimate of drug-likeness (QED) is 0.908. The van der Waals surface area contributed by atoms with E-state index in [1.807, 2.05) is 6.92 Å². The van der Waals surface area contributed by atoms with Crippen LogP contribution in [0.1, 0.15) is 33.1 Å². The van der Waals surface area contributed by atoms with Crippen LogP contribution >= 0.6 is 0 Å². The summed E-state index contributed by atoms with van der Waals surface area (Å²) in [5, 5.41) is 0. The van der Waals surface area contributed by atoms with E-state index in [1.165, 1.54) is 24.6 Å². The largest absolute Gasteiger partial charge is 0.297 e. The molecule has 1 aromatic carbocycles. The third kappa shape index (κ3) is 4.02. The van der Waals surface area contributed by atoms with Crippen molar-refractivity contribution in [1.82, 2.24) is 9.62 Å². The first-order valence-electron chi connectivity index (χ1n) is 7.42. The van der Waals surface area contributed by atoms with Gasteiger partial charge in [-0.05, 0) is 45.4 Å². The molecular formula is C15H23FN2O2S. The SMILES string of the molecule is C[C@H](CNS(=O)(=O)c1ccccc1F)N1CCCC[C@@H]1C. The average molecular weight is 314 g/mol. The van der Waals surface area contributed by atoms with Crippen LogP contribution in [0, 0.1) is 5.82 Å². The molecule has 6 heteroatoms. The van der Waals surface area contributed by atoms with Gasteiger partial charge >= 0.3 is 0 Å². The van der Waals surface area contributed by atoms with E-state index in [9.17, 15) is 12.8 Å². The molecule has 1 aliphatic heterocycles. The Morgan fingerprint density at radius 3 is 2.76 bits per heavy atom. The van der Waals surface area contributed by atoms with Crippen LogP contribution in [-0.2, 0) is 10.0 Å². The Kier molecular flexibility index (Phi) is 5.35. The maximum Gasteiger partial charge on any atom is 0.243 e. The molecule has 0 spiro atoms. The predicted molar refractivity (Wildman–Crippen MR) is 81.1 cm³/mol. The van der Waals surface area contributed by atoms with Crippen LogP contribution in [0.15, 0.2) is 29.2 Å². The molecular weight excluding hydrogens is 291 g/mol. The Hall–Kier alpha value is -0.980. The summed E-state index contributed by atoms with van der Waals surface area (Å²) in [6, 6.07) is 6.00. The van der Waals surface area contributed by atoms with Crippen LogP contribution in [0.3, 0.4) is 0 Å². The zero-order chi connectivity index (χ0) is 15.5. The van der Waals surface area contributed by atoms with Crippen LogP contribution in [0.5, 0.6) is 0 Å². The van der Waals surface area contributed by atoms with Crippen molar-refractivity contribution in [2.75, 3.05) is 13.1 Å². The van der Waals surface area contributed by atoms with Crippen LogP contribution in [-0.4, -0.2) is 38.5 Å². The first-order chi connectivity index (χ1) is 9.92. The normalized spacial score (nSPS) is 22.1. The van der Waals surface area contributed by atoms with Crippen molar-refractivity contribution in [3.05, 3.63) is 30.1 Å². The van der Waals surface area contributed by atoms with Gasteiger partial charge in [0.25, 0.3) is 0 Å². The first-order valence-corrected chi connectivity index (χ1v) is 8.90. The Labute approximate surface area is 126 Å². The maximum atomic E-state index is 13.6. The molecule has 0 bridgehead atoms. The second kappa shape index (κ2) is 6.85. The Balaban J connectivity index is 2.00. The number of rotatable bonds is 5. The average Bonchev–Trinajstić information content (AvgIpc) is 2.45. The van der Waals surface area contributed by atoms with Gasteiger partial charge in [0.15, 0.2) is 0 Å². The molecule has 0 unspecified atom stereocenters. The maximum absolute atomic E-state index is 13.6. The number of sulfonamides is 1. The molecule has 1 N–H and O–H groups in total. The highest BCUT2D eigenvalue weighted by molar-refractivity contribution is 7.89. The third-order valence-corrected chi connectivity index (χ3v) is 5.57. The molecule has 0 amide bonds. The van der Waals surface area contributed by atoms with Crippen molar-refractivity contribution in [3.8, 4) is 0 Å². The molecule has 4 nitrogen and oxygen atoms in total. The second-order valence-electron chi connectivity index (χ2n) is 5.71. The number of piperidine rings is 1. The molecule has 0 aromatic heterocycles. The van der Waals surface area contributed by atoms with E-state index in [0.717, 1.165) is 25.5 Å². The van der Waals surface area contributed by atoms with Crippen LogP contribution < -0.4 is 4.72 Å². The number of likely N-dealkylation sites (tertiary alicyclic amines) is 1. The van der Waals surface area contributed by atoms with Gasteiger partial charge in [0.2, 0.25) is 10.0 Å². The summed E-state index contributed by atoms with van der Waals surface area (Å²) in [7, 11) is -3.79. The smallest absolute Gasteiger partial charge is 0.243 e. The van der Waals surface area contributed by atoms with E-state index < -0.39 is 15.8 Å². The first kappa shape index (κ1) is 16.4. The van der Waals surface area contributed by atoms with Gasteiger partial charge in [-0.1, -0.05) is 18.6 Å². The number of hydrogen-bond donors (Lipinski definition) is 1. The standard InChI is InChI=1S/C15H23FN2O2S/c1-12-7-5-6-10-18(12)13(2)11-17-21(19,20)15-9-4-3-8-14(15)16/h3-4,8-9,12-13,17H,5-7,10-11H2,1-2H3/t12-,13+/m0/s1. The van der Waals surface area contributed by atoms with Crippen molar-refractivity contribution < 1.29 is 12.8 Å². The van der Waals surface area contributed by atoms with Gasteiger partial charge in [-0.15, -0.1) is 0 Å². The van der Waals surface area contributed by atoms with Crippen molar-refractivity contribution in [2.45, 2.75) is 50.1 Å². The van der Waals surface area contributed by atoms with Crippen molar-refractivity contribution in [2.24, 2.45) is 0 Å². The molecule has 118 valence electrons. The van der Waals surface area contributed by atoms with Crippen molar-refractivity contribution >= 4 is 10.0 Å². The number of benzene rings is 1. The number of nitrogens with zero attached hydrogens (tertiary/aromatic N) is 1. The summed E-state index contributed by atoms with van der Waals surface area (Å²) < 4.78 is 40.4. The minimum absolute atomic E-state index is 0.0989. The summed E-state index contributed by atoms with van der Waals surface area (Å²) in [5.74, 6) is -0.719. The Morgan fingerprint density at radius 2 is 2.10 bits per heavy atom. The van der Waals surface area contributed by atoms with Gasteiger partial charge in [0.05, 0.1) is 0 Å². The molecule has 1 aliphatic rings. The van der Waals surface area contributed by atoms with Crippen LogP contribution in [0.25, 0.3) is 0 Å². The summed E-state index contributed by atoms with van der Waals surface area (Å²) in [6.07, 6.45) is 3.52. The fourth-order valence-electron chi connectivity index (χ4n) is 2.86. The van der Waals surface area contributed by atoms with Gasteiger partial charge < -0.3 is 0 Å². The summed E-state index contributed by atoms with van der Waals surface area (Å²) in [6.45, 7) is 5.46. The lowest BCUT2D eigenvalue weighted by atomic mass is 10.0. The van der Waals surface area contributed by atoms with Gasteiger partial charge in [0.1, 0.15) is 10.7 Å². The highest BCUT2D eigenvalue weighted by Crippen LogP contribution is 2.19. The minimum Gasteiger partial charge on any atom is -0.297 e. The molecule has 1 aromatic rings. The van der Waals surface area contributed by atoms with E-state index in [4.69, 9.17) is 0 Å². The minimum atomic E-state index is -3.79. The summed E-state index contributed by atoms with van der Waals surface area (Å²) in [5.41, 5.74) is 0. The molecule has 0 radical (unpaired) electrons. The monoisotopic (exact) mass is 314 g/mol. The Bertz CT molecular complexity index is 577. The van der Waals surface area contributed by atoms with Gasteiger partial charge in [0, 0.05) is 18.6 Å². The molecule has 0 aliphatic carbocycles. The highest BCUT2D eigenvalue weighted by atomic mass is 32.2. The lowest BCUT2D eigenvalue weighted by Gasteiger charge is -2.38. The van der Waals surface area contributed by atoms with Crippen LogP contribution in [0.4, 0.5) is 4.39 Å². The lowest BCUT2D eigenvalue weighted by Crippen LogP contribution is -2.48. The molecule has 1 saturated heterocycles. The molecule has 2 atom stereocenters. The van der Waals surface area contributed by atoms with E-state index in [1.54, 1.807) is 0 Å². The predicted octanol–water partition coefficient (Wildman–Crippen LogP) is 2.37. The van der Waals surface area contributed by atoms with E-state index >= 15 is 0 Å².